The Morgan fingerprint density at radius 1 is 1.24 bits per heavy atom. The predicted octanol–water partition coefficient (Wildman–Crippen LogP) is 1.94. The van der Waals surface area contributed by atoms with Crippen molar-refractivity contribution in [3.63, 3.8) is 0 Å². The molecule has 25 heavy (non-hydrogen) atoms. The van der Waals surface area contributed by atoms with Crippen molar-refractivity contribution in [3.8, 4) is 0 Å². The Labute approximate surface area is 148 Å². The lowest BCUT2D eigenvalue weighted by atomic mass is 9.85. The molecular formula is C15H29F3N4O2S. The molecule has 0 amide bonds. The van der Waals surface area contributed by atoms with Crippen molar-refractivity contribution in [1.29, 1.82) is 0 Å². The van der Waals surface area contributed by atoms with Gasteiger partial charge in [0.05, 0.1) is 11.7 Å². The first-order valence-electron chi connectivity index (χ1n) is 8.65. The normalized spacial score (nSPS) is 22.9. The second kappa shape index (κ2) is 9.61. The number of hydrogen-bond donors (Lipinski definition) is 2. The van der Waals surface area contributed by atoms with E-state index in [1.54, 1.807) is 13.8 Å². The third-order valence-corrected chi connectivity index (χ3v) is 6.48. The Morgan fingerprint density at radius 2 is 1.88 bits per heavy atom. The summed E-state index contributed by atoms with van der Waals surface area (Å²) >= 11 is 0. The van der Waals surface area contributed by atoms with Gasteiger partial charge in [-0.15, -0.1) is 0 Å². The largest absolute Gasteiger partial charge is 0.391 e. The van der Waals surface area contributed by atoms with Crippen LogP contribution in [0.1, 0.15) is 39.5 Å². The van der Waals surface area contributed by atoms with E-state index in [1.165, 1.54) is 11.4 Å². The highest BCUT2D eigenvalue weighted by Gasteiger charge is 2.42. The van der Waals surface area contributed by atoms with Gasteiger partial charge in [0.2, 0.25) is 10.0 Å². The molecule has 148 valence electrons. The molecule has 1 saturated carbocycles. The summed E-state index contributed by atoms with van der Waals surface area (Å²) in [6, 6.07) is -0.314. The van der Waals surface area contributed by atoms with Gasteiger partial charge in [-0.3, -0.25) is 4.99 Å². The third kappa shape index (κ3) is 7.01. The lowest BCUT2D eigenvalue weighted by molar-refractivity contribution is -0.183. The summed E-state index contributed by atoms with van der Waals surface area (Å²) in [4.78, 5) is 3.98. The fourth-order valence-electron chi connectivity index (χ4n) is 3.05. The quantitative estimate of drug-likeness (QED) is 0.518. The average molecular weight is 386 g/mol. The van der Waals surface area contributed by atoms with Crippen molar-refractivity contribution >= 4 is 16.0 Å². The topological polar surface area (TPSA) is 73.8 Å². The molecule has 0 aromatic heterocycles. The van der Waals surface area contributed by atoms with Gasteiger partial charge in [-0.25, -0.2) is 12.7 Å². The Balaban J connectivity index is 2.50. The molecule has 2 N–H and O–H groups in total. The van der Waals surface area contributed by atoms with Crippen LogP contribution in [0.5, 0.6) is 0 Å². The van der Waals surface area contributed by atoms with Gasteiger partial charge in [-0.05, 0) is 19.3 Å². The number of rotatable bonds is 7. The SMILES string of the molecule is CCN(CC)S(=O)(=O)CCNC(=NC)NC1CCCC(C(F)(F)F)C1. The summed E-state index contributed by atoms with van der Waals surface area (Å²) < 4.78 is 64.2. The van der Waals surface area contributed by atoms with Crippen molar-refractivity contribution in [2.45, 2.75) is 51.7 Å². The number of hydrogen-bond acceptors (Lipinski definition) is 3. The Bertz CT molecular complexity index is 533. The van der Waals surface area contributed by atoms with E-state index in [-0.39, 0.29) is 31.2 Å². The van der Waals surface area contributed by atoms with Crippen molar-refractivity contribution in [3.05, 3.63) is 0 Å². The summed E-state index contributed by atoms with van der Waals surface area (Å²) in [5, 5.41) is 5.86. The molecule has 0 spiro atoms. The average Bonchev–Trinajstić information content (AvgIpc) is 2.54. The van der Waals surface area contributed by atoms with Crippen LogP contribution in [0.3, 0.4) is 0 Å². The first kappa shape index (κ1) is 22.0. The van der Waals surface area contributed by atoms with Crippen LogP contribution in [0.4, 0.5) is 13.2 Å². The fraction of sp³-hybridized carbons (Fsp3) is 0.933. The molecule has 0 radical (unpaired) electrons. The lowest BCUT2D eigenvalue weighted by Crippen LogP contribution is -2.48. The van der Waals surface area contributed by atoms with Crippen molar-refractivity contribution < 1.29 is 21.6 Å². The van der Waals surface area contributed by atoms with Gasteiger partial charge in [0.15, 0.2) is 5.96 Å². The predicted molar refractivity (Wildman–Crippen MR) is 93.0 cm³/mol. The van der Waals surface area contributed by atoms with E-state index in [0.29, 0.717) is 31.9 Å². The zero-order chi connectivity index (χ0) is 19.1. The summed E-state index contributed by atoms with van der Waals surface area (Å²) in [6.45, 7) is 4.51. The van der Waals surface area contributed by atoms with Crippen LogP contribution >= 0.6 is 0 Å². The maximum absolute atomic E-state index is 12.9. The Morgan fingerprint density at radius 3 is 2.40 bits per heavy atom. The molecular weight excluding hydrogens is 357 g/mol. The van der Waals surface area contributed by atoms with Gasteiger partial charge >= 0.3 is 6.18 Å². The summed E-state index contributed by atoms with van der Waals surface area (Å²) in [5.74, 6) is -1.05. The number of nitrogens with one attached hydrogen (secondary N) is 2. The summed E-state index contributed by atoms with van der Waals surface area (Å²) in [6.07, 6.45) is -2.84. The second-order valence-electron chi connectivity index (χ2n) is 6.15. The third-order valence-electron chi connectivity index (χ3n) is 4.45. The summed E-state index contributed by atoms with van der Waals surface area (Å²) in [5.41, 5.74) is 0. The second-order valence-corrected chi connectivity index (χ2v) is 8.23. The van der Waals surface area contributed by atoms with Crippen LogP contribution in [-0.4, -0.2) is 63.3 Å². The Hall–Kier alpha value is -1.03. The van der Waals surface area contributed by atoms with Gasteiger partial charge in [0.25, 0.3) is 0 Å². The van der Waals surface area contributed by atoms with Crippen LogP contribution in [-0.2, 0) is 10.0 Å². The highest BCUT2D eigenvalue weighted by atomic mass is 32.2. The molecule has 1 aliphatic rings. The minimum atomic E-state index is -4.17. The Kier molecular flexibility index (Phi) is 8.46. The maximum Gasteiger partial charge on any atom is 0.391 e. The molecule has 0 heterocycles. The van der Waals surface area contributed by atoms with Crippen LogP contribution in [0.2, 0.25) is 0 Å². The number of guanidine groups is 1. The van der Waals surface area contributed by atoms with E-state index in [0.717, 1.165) is 0 Å². The molecule has 1 fully saturated rings. The number of nitrogens with zero attached hydrogens (tertiary/aromatic N) is 2. The zero-order valence-electron chi connectivity index (χ0n) is 15.1. The van der Waals surface area contributed by atoms with Gasteiger partial charge in [0.1, 0.15) is 0 Å². The number of sulfonamides is 1. The monoisotopic (exact) mass is 386 g/mol. The van der Waals surface area contributed by atoms with Crippen LogP contribution in [0.15, 0.2) is 4.99 Å². The number of alkyl halides is 3. The van der Waals surface area contributed by atoms with E-state index in [9.17, 15) is 21.6 Å². The molecule has 0 aromatic rings. The molecule has 0 bridgehead atoms. The van der Waals surface area contributed by atoms with E-state index < -0.39 is 22.1 Å². The van der Waals surface area contributed by atoms with Crippen molar-refractivity contribution in [1.82, 2.24) is 14.9 Å². The molecule has 1 aliphatic carbocycles. The van der Waals surface area contributed by atoms with E-state index in [1.807, 2.05) is 0 Å². The molecule has 6 nitrogen and oxygen atoms in total. The smallest absolute Gasteiger partial charge is 0.355 e. The van der Waals surface area contributed by atoms with Crippen LogP contribution in [0.25, 0.3) is 0 Å². The van der Waals surface area contributed by atoms with Crippen LogP contribution < -0.4 is 10.6 Å². The summed E-state index contributed by atoms with van der Waals surface area (Å²) in [7, 11) is -1.84. The highest BCUT2D eigenvalue weighted by molar-refractivity contribution is 7.89. The van der Waals surface area contributed by atoms with E-state index >= 15 is 0 Å². The first-order valence-corrected chi connectivity index (χ1v) is 10.3. The van der Waals surface area contributed by atoms with Gasteiger partial charge in [0, 0.05) is 32.7 Å². The molecule has 2 unspecified atom stereocenters. The van der Waals surface area contributed by atoms with Gasteiger partial charge in [-0.1, -0.05) is 20.3 Å². The minimum absolute atomic E-state index is 0.0158. The number of halogens is 3. The molecule has 0 aliphatic heterocycles. The standard InChI is InChI=1S/C15H29F3N4O2S/c1-4-22(5-2)25(23,24)10-9-20-14(19-3)21-13-8-6-7-12(11-13)15(16,17)18/h12-13H,4-11H2,1-3H3,(H2,19,20,21). The first-order chi connectivity index (χ1) is 11.6. The number of aliphatic imine (C=N–C) groups is 1. The molecule has 2 atom stereocenters. The molecule has 0 saturated heterocycles. The lowest BCUT2D eigenvalue weighted by Gasteiger charge is -2.32. The van der Waals surface area contributed by atoms with Gasteiger partial charge < -0.3 is 10.6 Å². The highest BCUT2D eigenvalue weighted by Crippen LogP contribution is 2.37. The molecule has 1 rings (SSSR count). The molecule has 10 heteroatoms. The zero-order valence-corrected chi connectivity index (χ0v) is 15.9. The fourth-order valence-corrected chi connectivity index (χ4v) is 4.46. The van der Waals surface area contributed by atoms with Crippen LogP contribution in [0, 0.1) is 5.92 Å². The van der Waals surface area contributed by atoms with E-state index in [2.05, 4.69) is 15.6 Å². The minimum Gasteiger partial charge on any atom is -0.355 e. The molecule has 0 aromatic carbocycles. The van der Waals surface area contributed by atoms with Crippen molar-refractivity contribution in [2.75, 3.05) is 32.4 Å². The van der Waals surface area contributed by atoms with E-state index in [4.69, 9.17) is 0 Å². The maximum atomic E-state index is 12.9. The van der Waals surface area contributed by atoms with Crippen molar-refractivity contribution in [2.24, 2.45) is 10.9 Å². The van der Waals surface area contributed by atoms with Gasteiger partial charge in [-0.2, -0.15) is 13.2 Å².